The van der Waals surface area contributed by atoms with Crippen molar-refractivity contribution in [2.24, 2.45) is 0 Å². The van der Waals surface area contributed by atoms with E-state index in [1.807, 2.05) is 30.2 Å². The number of aliphatic hydroxyl groups excluding tert-OH is 1. The Morgan fingerprint density at radius 3 is 2.73 bits per heavy atom. The number of amides is 1. The first-order chi connectivity index (χ1) is 16.0. The Hall–Kier alpha value is -3.65. The number of rotatable bonds is 8. The highest BCUT2D eigenvalue weighted by Gasteiger charge is 2.45. The van der Waals surface area contributed by atoms with Crippen molar-refractivity contribution in [1.82, 2.24) is 14.9 Å². The molecule has 170 valence electrons. The lowest BCUT2D eigenvalue weighted by Gasteiger charge is -2.25. The molecule has 0 aliphatic carbocycles. The molecule has 0 bridgehead atoms. The monoisotopic (exact) mass is 467 g/mol. The van der Waals surface area contributed by atoms with Gasteiger partial charge in [-0.25, -0.2) is 4.57 Å². The van der Waals surface area contributed by atoms with E-state index < -0.39 is 17.7 Å². The number of H-pyrrole nitrogens is 1. The number of aromatic amines is 1. The number of aromatic nitrogens is 3. The summed E-state index contributed by atoms with van der Waals surface area (Å²) in [5, 5.41) is 11.4. The van der Waals surface area contributed by atoms with Crippen LogP contribution in [0.3, 0.4) is 0 Å². The molecular formula is C24H24ClN4O4+. The molecule has 0 radical (unpaired) electrons. The summed E-state index contributed by atoms with van der Waals surface area (Å²) in [7, 11) is 0. The van der Waals surface area contributed by atoms with Gasteiger partial charge in [0, 0.05) is 30.9 Å². The minimum Gasteiger partial charge on any atom is -0.507 e. The zero-order valence-corrected chi connectivity index (χ0v) is 18.8. The number of pyridine rings is 1. The van der Waals surface area contributed by atoms with E-state index in [0.717, 1.165) is 0 Å². The average Bonchev–Trinajstić information content (AvgIpc) is 3.43. The molecule has 1 fully saturated rings. The predicted octanol–water partition coefficient (Wildman–Crippen LogP) is 3.26. The summed E-state index contributed by atoms with van der Waals surface area (Å²) >= 11 is 6.29. The molecule has 1 unspecified atom stereocenters. The molecule has 2 aromatic heterocycles. The van der Waals surface area contributed by atoms with Crippen molar-refractivity contribution in [3.05, 3.63) is 83.2 Å². The summed E-state index contributed by atoms with van der Waals surface area (Å²) in [6.45, 7) is 3.30. The summed E-state index contributed by atoms with van der Waals surface area (Å²) in [5.74, 6) is -1.17. The molecule has 1 aromatic carbocycles. The lowest BCUT2D eigenvalue weighted by molar-refractivity contribution is -0.695. The van der Waals surface area contributed by atoms with E-state index in [-0.39, 0.29) is 11.3 Å². The van der Waals surface area contributed by atoms with E-state index in [1.165, 1.54) is 11.0 Å². The van der Waals surface area contributed by atoms with E-state index >= 15 is 0 Å². The Kier molecular flexibility index (Phi) is 6.74. The second-order valence-electron chi connectivity index (χ2n) is 7.55. The Bertz CT molecular complexity index is 1180. The Morgan fingerprint density at radius 2 is 2.06 bits per heavy atom. The van der Waals surface area contributed by atoms with E-state index in [4.69, 9.17) is 16.3 Å². The summed E-state index contributed by atoms with van der Waals surface area (Å²) in [6, 6.07) is 7.53. The molecule has 1 atom stereocenters. The summed E-state index contributed by atoms with van der Waals surface area (Å²) in [4.78, 5) is 34.6. The SMILES string of the molecule is CCOc1ccc(C(O)=C2C(=O)C(=O)N(CCC[n+]3cc[nH]c3)C2c2ccncc2)cc1Cl. The number of ketones is 1. The molecular weight excluding hydrogens is 444 g/mol. The highest BCUT2D eigenvalue weighted by Crippen LogP contribution is 2.40. The largest absolute Gasteiger partial charge is 0.507 e. The van der Waals surface area contributed by atoms with Gasteiger partial charge >= 0.3 is 0 Å². The Balaban J connectivity index is 1.71. The van der Waals surface area contributed by atoms with Crippen molar-refractivity contribution in [2.45, 2.75) is 25.9 Å². The molecule has 0 saturated carbocycles. The fraction of sp³-hybridized carbons (Fsp3) is 0.250. The van der Waals surface area contributed by atoms with Crippen molar-refractivity contribution < 1.29 is 24.0 Å². The van der Waals surface area contributed by atoms with Gasteiger partial charge in [-0.2, -0.15) is 0 Å². The number of ether oxygens (including phenoxy) is 1. The lowest BCUT2D eigenvalue weighted by Crippen LogP contribution is -2.36. The van der Waals surface area contributed by atoms with Gasteiger partial charge < -0.3 is 14.7 Å². The molecule has 3 heterocycles. The molecule has 1 aliphatic rings. The number of imidazole rings is 1. The molecule has 4 rings (SSSR count). The minimum atomic E-state index is -0.728. The van der Waals surface area contributed by atoms with Crippen LogP contribution >= 0.6 is 11.6 Å². The summed E-state index contributed by atoms with van der Waals surface area (Å²) < 4.78 is 7.41. The first-order valence-electron chi connectivity index (χ1n) is 10.6. The standard InChI is InChI=1S/C24H23ClN4O4/c1-2-33-19-5-4-17(14-18(19)25)22(30)20-21(16-6-8-26-9-7-16)29(24(32)23(20)31)12-3-11-28-13-10-27-15-28/h4-10,13-15,21H,2-3,11-12H2,1H3,(H,30,31)/p+1. The van der Waals surface area contributed by atoms with E-state index in [9.17, 15) is 14.7 Å². The molecule has 1 aliphatic heterocycles. The Labute approximate surface area is 196 Å². The third kappa shape index (κ3) is 4.61. The number of likely N-dealkylation sites (tertiary alicyclic amines) is 1. The van der Waals surface area contributed by atoms with E-state index in [1.54, 1.807) is 36.7 Å². The summed E-state index contributed by atoms with van der Waals surface area (Å²) in [5.41, 5.74) is 1.06. The van der Waals surface area contributed by atoms with Crippen LogP contribution in [0.25, 0.3) is 5.76 Å². The zero-order chi connectivity index (χ0) is 23.4. The zero-order valence-electron chi connectivity index (χ0n) is 18.1. The van der Waals surface area contributed by atoms with Crippen LogP contribution in [0.5, 0.6) is 5.75 Å². The number of halogens is 1. The van der Waals surface area contributed by atoms with E-state index in [2.05, 4.69) is 9.97 Å². The number of aryl methyl sites for hydroxylation is 1. The quantitative estimate of drug-likeness (QED) is 0.229. The van der Waals surface area contributed by atoms with E-state index in [0.29, 0.717) is 48.0 Å². The number of nitrogens with zero attached hydrogens (tertiary/aromatic N) is 3. The van der Waals surface area contributed by atoms with Gasteiger partial charge in [-0.3, -0.25) is 19.6 Å². The number of hydrogen-bond donors (Lipinski definition) is 2. The normalized spacial score (nSPS) is 17.5. The van der Waals surface area contributed by atoms with Crippen LogP contribution in [0, 0.1) is 0 Å². The number of Topliss-reactive ketones (excluding diaryl/α,β-unsaturated/α-hetero) is 1. The van der Waals surface area contributed by atoms with Gasteiger partial charge in [0.1, 0.15) is 23.9 Å². The van der Waals surface area contributed by atoms with Crippen LogP contribution in [0.1, 0.15) is 30.5 Å². The van der Waals surface area contributed by atoms with Crippen molar-refractivity contribution in [1.29, 1.82) is 0 Å². The van der Waals surface area contributed by atoms with Gasteiger partial charge in [-0.15, -0.1) is 0 Å². The molecule has 3 aromatic rings. The fourth-order valence-corrected chi connectivity index (χ4v) is 4.20. The van der Waals surface area contributed by atoms with Crippen LogP contribution < -0.4 is 9.30 Å². The average molecular weight is 468 g/mol. The molecule has 0 spiro atoms. The highest BCUT2D eigenvalue weighted by molar-refractivity contribution is 6.46. The highest BCUT2D eigenvalue weighted by atomic mass is 35.5. The first kappa shape index (κ1) is 22.5. The van der Waals surface area contributed by atoms with Gasteiger partial charge in [0.25, 0.3) is 11.7 Å². The van der Waals surface area contributed by atoms with Crippen LogP contribution in [0.4, 0.5) is 0 Å². The van der Waals surface area contributed by atoms with Crippen molar-refractivity contribution in [3.8, 4) is 5.75 Å². The third-order valence-corrected chi connectivity index (χ3v) is 5.78. The maximum absolute atomic E-state index is 13.1. The number of nitrogens with one attached hydrogen (secondary N) is 1. The van der Waals surface area contributed by atoms with Gasteiger partial charge in [-0.05, 0) is 42.8 Å². The van der Waals surface area contributed by atoms with Gasteiger partial charge in [0.05, 0.1) is 29.8 Å². The molecule has 1 saturated heterocycles. The van der Waals surface area contributed by atoms with Crippen LogP contribution in [-0.4, -0.2) is 44.8 Å². The number of aliphatic hydroxyl groups is 1. The molecule has 2 N–H and O–H groups in total. The van der Waals surface area contributed by atoms with Gasteiger partial charge in [-0.1, -0.05) is 11.6 Å². The van der Waals surface area contributed by atoms with Crippen molar-refractivity contribution >= 4 is 29.1 Å². The fourth-order valence-electron chi connectivity index (χ4n) is 3.96. The smallest absolute Gasteiger partial charge is 0.295 e. The first-order valence-corrected chi connectivity index (χ1v) is 11.0. The maximum Gasteiger partial charge on any atom is 0.295 e. The Morgan fingerprint density at radius 1 is 1.27 bits per heavy atom. The number of carbonyl (C=O) groups excluding carboxylic acids is 2. The molecule has 8 nitrogen and oxygen atoms in total. The lowest BCUT2D eigenvalue weighted by atomic mass is 9.96. The van der Waals surface area contributed by atoms with Crippen LogP contribution in [0.2, 0.25) is 5.02 Å². The second-order valence-corrected chi connectivity index (χ2v) is 7.96. The second kappa shape index (κ2) is 9.87. The minimum absolute atomic E-state index is 0.0284. The number of hydrogen-bond acceptors (Lipinski definition) is 5. The summed E-state index contributed by atoms with van der Waals surface area (Å²) in [6.07, 6.45) is 9.35. The molecule has 9 heteroatoms. The molecule has 33 heavy (non-hydrogen) atoms. The predicted molar refractivity (Wildman–Crippen MR) is 121 cm³/mol. The number of carbonyl (C=O) groups is 2. The van der Waals surface area contributed by atoms with Gasteiger partial charge in [0.2, 0.25) is 6.33 Å². The molecule has 1 amide bonds. The van der Waals surface area contributed by atoms with Crippen molar-refractivity contribution in [2.75, 3.05) is 13.2 Å². The van der Waals surface area contributed by atoms with Crippen molar-refractivity contribution in [3.63, 3.8) is 0 Å². The van der Waals surface area contributed by atoms with Crippen LogP contribution in [-0.2, 0) is 16.1 Å². The number of benzene rings is 1. The maximum atomic E-state index is 13.1. The van der Waals surface area contributed by atoms with Gasteiger partial charge in [0.15, 0.2) is 0 Å². The topological polar surface area (TPSA) is 99.4 Å². The third-order valence-electron chi connectivity index (χ3n) is 5.48. The van der Waals surface area contributed by atoms with Crippen LogP contribution in [0.15, 0.2) is 67.0 Å².